The number of carboxylic acids is 1. The summed E-state index contributed by atoms with van der Waals surface area (Å²) in [4.78, 5) is 11.2. The van der Waals surface area contributed by atoms with E-state index in [2.05, 4.69) is 0 Å². The van der Waals surface area contributed by atoms with Crippen LogP contribution in [0, 0.1) is 25.5 Å². The molecule has 210 valence electrons. The van der Waals surface area contributed by atoms with Crippen molar-refractivity contribution in [2.75, 3.05) is 19.8 Å². The molecule has 0 spiro atoms. The summed E-state index contributed by atoms with van der Waals surface area (Å²) < 4.78 is 53.9. The summed E-state index contributed by atoms with van der Waals surface area (Å²) in [5, 5.41) is 9.15. The Balaban J connectivity index is 1.29. The number of hydrogen-bond acceptors (Lipinski definition) is 5. The number of ether oxygens (including phenoxy) is 4. The molecule has 40 heavy (non-hydrogen) atoms. The van der Waals surface area contributed by atoms with E-state index in [0.29, 0.717) is 43.1 Å². The zero-order valence-corrected chi connectivity index (χ0v) is 22.6. The molecule has 1 saturated heterocycles. The Morgan fingerprint density at radius 2 is 1.75 bits per heavy atom. The van der Waals surface area contributed by atoms with Gasteiger partial charge < -0.3 is 24.1 Å². The monoisotopic (exact) mass is 550 g/mol. The van der Waals surface area contributed by atoms with Gasteiger partial charge in [0.2, 0.25) is 0 Å². The molecule has 0 bridgehead atoms. The Labute approximate surface area is 231 Å². The SMILES string of the molecule is Cc1cc(OC2CCOCC2)cc(C)c1-c1cc(F)c(F)c2c1CC[C@H]2Oc1ccc2c(c1)OCC2CC(=O)O. The summed E-state index contributed by atoms with van der Waals surface area (Å²) in [7, 11) is 0. The van der Waals surface area contributed by atoms with Gasteiger partial charge in [-0.05, 0) is 78.8 Å². The number of rotatable bonds is 7. The topological polar surface area (TPSA) is 74.2 Å². The lowest BCUT2D eigenvalue weighted by Crippen LogP contribution is -2.25. The maximum atomic E-state index is 15.3. The van der Waals surface area contributed by atoms with Gasteiger partial charge in [0.1, 0.15) is 29.5 Å². The highest BCUT2D eigenvalue weighted by molar-refractivity contribution is 5.77. The van der Waals surface area contributed by atoms with Gasteiger partial charge in [-0.15, -0.1) is 0 Å². The molecule has 8 heteroatoms. The van der Waals surface area contributed by atoms with Crippen LogP contribution in [0.1, 0.15) is 65.5 Å². The first-order valence-electron chi connectivity index (χ1n) is 13.8. The van der Waals surface area contributed by atoms with E-state index < -0.39 is 23.7 Å². The molecule has 3 aromatic carbocycles. The third kappa shape index (κ3) is 5.01. The first-order valence-corrected chi connectivity index (χ1v) is 13.8. The van der Waals surface area contributed by atoms with Crippen LogP contribution in [0.3, 0.4) is 0 Å². The van der Waals surface area contributed by atoms with Crippen molar-refractivity contribution in [3.63, 3.8) is 0 Å². The van der Waals surface area contributed by atoms with Crippen molar-refractivity contribution < 1.29 is 37.6 Å². The van der Waals surface area contributed by atoms with Crippen molar-refractivity contribution in [3.05, 3.63) is 75.8 Å². The molecule has 0 saturated carbocycles. The number of fused-ring (bicyclic) bond motifs is 2. The van der Waals surface area contributed by atoms with Crippen LogP contribution >= 0.6 is 0 Å². The average molecular weight is 551 g/mol. The van der Waals surface area contributed by atoms with Crippen LogP contribution in [0.5, 0.6) is 17.2 Å². The molecular formula is C32H32F2O6. The van der Waals surface area contributed by atoms with Gasteiger partial charge in [0, 0.05) is 36.0 Å². The summed E-state index contributed by atoms with van der Waals surface area (Å²) in [6, 6.07) is 10.5. The molecule has 1 N–H and O–H groups in total. The van der Waals surface area contributed by atoms with Gasteiger partial charge >= 0.3 is 5.97 Å². The van der Waals surface area contributed by atoms with Crippen molar-refractivity contribution >= 4 is 5.97 Å². The Bertz CT molecular complexity index is 1440. The van der Waals surface area contributed by atoms with Gasteiger partial charge in [-0.2, -0.15) is 0 Å². The second-order valence-corrected chi connectivity index (χ2v) is 10.9. The van der Waals surface area contributed by atoms with Gasteiger partial charge in [0.25, 0.3) is 0 Å². The van der Waals surface area contributed by atoms with E-state index in [1.807, 2.05) is 26.0 Å². The highest BCUT2D eigenvalue weighted by Gasteiger charge is 2.34. The fraction of sp³-hybridized carbons (Fsp3) is 0.406. The van der Waals surface area contributed by atoms with E-state index in [4.69, 9.17) is 24.1 Å². The molecule has 2 heterocycles. The molecule has 0 radical (unpaired) electrons. The van der Waals surface area contributed by atoms with Crippen molar-refractivity contribution in [2.24, 2.45) is 0 Å². The van der Waals surface area contributed by atoms with E-state index in [-0.39, 0.29) is 30.6 Å². The third-order valence-electron chi connectivity index (χ3n) is 8.16. The number of benzene rings is 3. The molecule has 2 atom stereocenters. The molecule has 3 aromatic rings. The molecule has 0 amide bonds. The highest BCUT2D eigenvalue weighted by atomic mass is 19.2. The number of carbonyl (C=O) groups is 1. The Kier molecular flexibility index (Phi) is 7.13. The number of aryl methyl sites for hydroxylation is 2. The normalized spacial score (nSPS) is 20.1. The maximum Gasteiger partial charge on any atom is 0.304 e. The van der Waals surface area contributed by atoms with Gasteiger partial charge in [-0.1, -0.05) is 6.07 Å². The molecule has 1 unspecified atom stereocenters. The predicted octanol–water partition coefficient (Wildman–Crippen LogP) is 6.82. The molecule has 3 aliphatic rings. The summed E-state index contributed by atoms with van der Waals surface area (Å²) in [5.41, 5.74) is 5.26. The summed E-state index contributed by atoms with van der Waals surface area (Å²) in [6.07, 6.45) is 2.18. The number of aliphatic carboxylic acids is 1. The van der Waals surface area contributed by atoms with E-state index in [1.54, 1.807) is 18.2 Å². The molecule has 2 aliphatic heterocycles. The van der Waals surface area contributed by atoms with E-state index >= 15 is 8.78 Å². The largest absolute Gasteiger partial charge is 0.492 e. The fourth-order valence-electron chi connectivity index (χ4n) is 6.33. The summed E-state index contributed by atoms with van der Waals surface area (Å²) in [6.45, 7) is 5.61. The molecule has 6 nitrogen and oxygen atoms in total. The Morgan fingerprint density at radius 3 is 2.48 bits per heavy atom. The minimum Gasteiger partial charge on any atom is -0.492 e. The lowest BCUT2D eigenvalue weighted by molar-refractivity contribution is -0.137. The Morgan fingerprint density at radius 1 is 1.00 bits per heavy atom. The Hall–Kier alpha value is -3.65. The second-order valence-electron chi connectivity index (χ2n) is 10.9. The quantitative estimate of drug-likeness (QED) is 0.348. The number of halogens is 2. The third-order valence-corrected chi connectivity index (χ3v) is 8.16. The zero-order valence-electron chi connectivity index (χ0n) is 22.6. The first-order chi connectivity index (χ1) is 19.3. The van der Waals surface area contributed by atoms with E-state index in [0.717, 1.165) is 46.4 Å². The fourth-order valence-corrected chi connectivity index (χ4v) is 6.33. The zero-order chi connectivity index (χ0) is 28.0. The molecule has 1 aliphatic carbocycles. The molecule has 6 rings (SSSR count). The van der Waals surface area contributed by atoms with E-state index in [9.17, 15) is 4.79 Å². The van der Waals surface area contributed by atoms with Gasteiger partial charge in [0.15, 0.2) is 11.6 Å². The lowest BCUT2D eigenvalue weighted by Gasteiger charge is -2.24. The highest BCUT2D eigenvalue weighted by Crippen LogP contribution is 2.46. The summed E-state index contributed by atoms with van der Waals surface area (Å²) >= 11 is 0. The van der Waals surface area contributed by atoms with Crippen molar-refractivity contribution in [2.45, 2.75) is 64.1 Å². The number of hydrogen-bond donors (Lipinski definition) is 1. The van der Waals surface area contributed by atoms with Crippen LogP contribution < -0.4 is 14.2 Å². The lowest BCUT2D eigenvalue weighted by atomic mass is 9.90. The van der Waals surface area contributed by atoms with Crippen LogP contribution in [0.2, 0.25) is 0 Å². The van der Waals surface area contributed by atoms with Crippen LogP contribution in [0.25, 0.3) is 11.1 Å². The standard InChI is InChI=1S/C32H32F2O6/c1-17-11-22(39-20-7-9-37-10-8-20)12-18(2)30(17)25-15-26(33)32(34)31-24(25)5-6-27(31)40-21-3-4-23-19(13-29(35)36)16-38-28(23)14-21/h3-4,11-12,14-15,19-20,27H,5-10,13,16H2,1-2H3,(H,35,36)/t19?,27-/m1/s1. The van der Waals surface area contributed by atoms with E-state index in [1.165, 1.54) is 6.07 Å². The van der Waals surface area contributed by atoms with Gasteiger partial charge in [-0.3, -0.25) is 4.79 Å². The van der Waals surface area contributed by atoms with Crippen molar-refractivity contribution in [3.8, 4) is 28.4 Å². The minimum absolute atomic E-state index is 0.0159. The van der Waals surface area contributed by atoms with Crippen molar-refractivity contribution in [1.29, 1.82) is 0 Å². The minimum atomic E-state index is -0.903. The van der Waals surface area contributed by atoms with Gasteiger partial charge in [0.05, 0.1) is 26.2 Å². The second kappa shape index (κ2) is 10.7. The molecular weight excluding hydrogens is 518 g/mol. The number of carboxylic acid groups (broad SMARTS) is 1. The van der Waals surface area contributed by atoms with Crippen LogP contribution in [0.15, 0.2) is 36.4 Å². The van der Waals surface area contributed by atoms with Crippen LogP contribution in [0.4, 0.5) is 8.78 Å². The van der Waals surface area contributed by atoms with Crippen molar-refractivity contribution in [1.82, 2.24) is 0 Å². The van der Waals surface area contributed by atoms with Gasteiger partial charge in [-0.25, -0.2) is 8.78 Å². The molecule has 1 fully saturated rings. The smallest absolute Gasteiger partial charge is 0.304 e. The van der Waals surface area contributed by atoms with Crippen LogP contribution in [-0.4, -0.2) is 37.0 Å². The average Bonchev–Trinajstić information content (AvgIpc) is 3.51. The first kappa shape index (κ1) is 26.6. The maximum absolute atomic E-state index is 15.3. The predicted molar refractivity (Wildman–Crippen MR) is 144 cm³/mol. The van der Waals surface area contributed by atoms with Crippen LogP contribution in [-0.2, 0) is 16.0 Å². The summed E-state index contributed by atoms with van der Waals surface area (Å²) in [5.74, 6) is -1.08. The molecule has 0 aromatic heterocycles.